The van der Waals surface area contributed by atoms with Crippen LogP contribution in [0.4, 0.5) is 0 Å². The first-order chi connectivity index (χ1) is 8.51. The Hall–Kier alpha value is -1.09. The minimum atomic E-state index is -0.233. The second kappa shape index (κ2) is 3.95. The molecule has 0 amide bonds. The fourth-order valence-electron chi connectivity index (χ4n) is 3.20. The van der Waals surface area contributed by atoms with Crippen molar-refractivity contribution in [1.82, 2.24) is 0 Å². The molecule has 1 aliphatic carbocycles. The summed E-state index contributed by atoms with van der Waals surface area (Å²) in [5.41, 5.74) is 1.91. The molecule has 2 fully saturated rings. The fraction of sp³-hybridized carbons (Fsp3) is 0.667. The van der Waals surface area contributed by atoms with Gasteiger partial charge in [-0.2, -0.15) is 0 Å². The van der Waals surface area contributed by atoms with Crippen LogP contribution in [0.5, 0.6) is 0 Å². The van der Waals surface area contributed by atoms with Crippen LogP contribution in [0.25, 0.3) is 0 Å². The number of epoxide rings is 1. The topological polar surface area (TPSA) is 38.8 Å². The molecule has 0 N–H and O–H groups in total. The van der Waals surface area contributed by atoms with Crippen molar-refractivity contribution in [3.63, 3.8) is 0 Å². The molecular formula is C15H20O3. The van der Waals surface area contributed by atoms with E-state index in [1.54, 1.807) is 0 Å². The van der Waals surface area contributed by atoms with Crippen LogP contribution in [-0.2, 0) is 14.3 Å². The molecule has 18 heavy (non-hydrogen) atoms. The molecule has 3 unspecified atom stereocenters. The van der Waals surface area contributed by atoms with E-state index >= 15 is 0 Å². The van der Waals surface area contributed by atoms with Gasteiger partial charge in [0.05, 0.1) is 5.60 Å². The van der Waals surface area contributed by atoms with Crippen molar-refractivity contribution in [2.24, 2.45) is 5.92 Å². The van der Waals surface area contributed by atoms with Gasteiger partial charge in [-0.1, -0.05) is 18.2 Å². The molecule has 0 bridgehead atoms. The molecule has 3 aliphatic rings. The highest BCUT2D eigenvalue weighted by molar-refractivity contribution is 5.91. The summed E-state index contributed by atoms with van der Waals surface area (Å²) in [7, 11) is 0. The molecule has 3 nitrogen and oxygen atoms in total. The second-order valence-corrected chi connectivity index (χ2v) is 5.98. The van der Waals surface area contributed by atoms with E-state index in [9.17, 15) is 4.79 Å². The molecule has 2 saturated heterocycles. The van der Waals surface area contributed by atoms with E-state index in [1.165, 1.54) is 5.57 Å². The molecule has 4 atom stereocenters. The van der Waals surface area contributed by atoms with Crippen molar-refractivity contribution in [3.8, 4) is 0 Å². The van der Waals surface area contributed by atoms with Gasteiger partial charge in [0.15, 0.2) is 0 Å². The summed E-state index contributed by atoms with van der Waals surface area (Å²) >= 11 is 0. The Morgan fingerprint density at radius 1 is 1.50 bits per heavy atom. The van der Waals surface area contributed by atoms with Crippen LogP contribution in [0.2, 0.25) is 0 Å². The molecule has 0 aromatic rings. The van der Waals surface area contributed by atoms with Crippen LogP contribution in [0.1, 0.15) is 39.5 Å². The van der Waals surface area contributed by atoms with Gasteiger partial charge in [-0.3, -0.25) is 0 Å². The zero-order valence-electron chi connectivity index (χ0n) is 11.1. The number of ether oxygens (including phenoxy) is 2. The maximum absolute atomic E-state index is 11.7. The minimum absolute atomic E-state index is 0.0671. The van der Waals surface area contributed by atoms with Crippen LogP contribution < -0.4 is 0 Å². The molecule has 0 aromatic heterocycles. The highest BCUT2D eigenvalue weighted by Crippen LogP contribution is 2.49. The number of fused-ring (bicyclic) bond motifs is 3. The van der Waals surface area contributed by atoms with Crippen LogP contribution in [0, 0.1) is 5.92 Å². The van der Waals surface area contributed by atoms with Crippen molar-refractivity contribution in [1.29, 1.82) is 0 Å². The molecule has 2 aliphatic heterocycles. The predicted octanol–water partition coefficient (Wildman–Crippen LogP) is 2.76. The van der Waals surface area contributed by atoms with Gasteiger partial charge < -0.3 is 9.47 Å². The second-order valence-electron chi connectivity index (χ2n) is 5.98. The van der Waals surface area contributed by atoms with E-state index in [0.29, 0.717) is 5.57 Å². The van der Waals surface area contributed by atoms with E-state index in [2.05, 4.69) is 26.5 Å². The fourth-order valence-corrected chi connectivity index (χ4v) is 3.20. The lowest BCUT2D eigenvalue weighted by Gasteiger charge is -2.19. The van der Waals surface area contributed by atoms with Crippen LogP contribution in [0.15, 0.2) is 23.8 Å². The number of esters is 1. The molecule has 0 spiro atoms. The lowest BCUT2D eigenvalue weighted by atomic mass is 9.84. The van der Waals surface area contributed by atoms with Gasteiger partial charge in [-0.15, -0.1) is 0 Å². The SMILES string of the molecule is C=C1C(=O)OC2C1CC/C(C)=C/CC[C@@]1(C)OC21. The van der Waals surface area contributed by atoms with Crippen molar-refractivity contribution in [3.05, 3.63) is 23.8 Å². The van der Waals surface area contributed by atoms with Crippen molar-refractivity contribution in [2.45, 2.75) is 57.3 Å². The lowest BCUT2D eigenvalue weighted by molar-refractivity contribution is -0.140. The Morgan fingerprint density at radius 2 is 2.28 bits per heavy atom. The van der Waals surface area contributed by atoms with Crippen LogP contribution in [-0.4, -0.2) is 23.8 Å². The average molecular weight is 248 g/mol. The van der Waals surface area contributed by atoms with Crippen molar-refractivity contribution >= 4 is 5.97 Å². The first-order valence-corrected chi connectivity index (χ1v) is 6.74. The third kappa shape index (κ3) is 1.81. The highest BCUT2D eigenvalue weighted by atomic mass is 16.6. The van der Waals surface area contributed by atoms with Gasteiger partial charge in [0.2, 0.25) is 0 Å². The summed E-state index contributed by atoms with van der Waals surface area (Å²) in [5, 5.41) is 0. The van der Waals surface area contributed by atoms with Gasteiger partial charge in [-0.25, -0.2) is 4.79 Å². The summed E-state index contributed by atoms with van der Waals surface area (Å²) in [5.74, 6) is -0.102. The van der Waals surface area contributed by atoms with Crippen molar-refractivity contribution < 1.29 is 14.3 Å². The number of hydrogen-bond donors (Lipinski definition) is 0. The van der Waals surface area contributed by atoms with Gasteiger partial charge in [0, 0.05) is 11.5 Å². The number of allylic oxidation sites excluding steroid dienone is 2. The maximum Gasteiger partial charge on any atom is 0.334 e. The van der Waals surface area contributed by atoms with E-state index in [0.717, 1.165) is 25.7 Å². The van der Waals surface area contributed by atoms with E-state index < -0.39 is 0 Å². The third-order valence-corrected chi connectivity index (χ3v) is 4.57. The Balaban J connectivity index is 1.87. The summed E-state index contributed by atoms with van der Waals surface area (Å²) in [6.07, 6.45) is 6.25. The summed E-state index contributed by atoms with van der Waals surface area (Å²) in [4.78, 5) is 11.7. The highest BCUT2D eigenvalue weighted by Gasteiger charge is 2.61. The molecule has 98 valence electrons. The van der Waals surface area contributed by atoms with Gasteiger partial charge in [0.1, 0.15) is 12.2 Å². The lowest BCUT2D eigenvalue weighted by Crippen LogP contribution is -2.28. The van der Waals surface area contributed by atoms with Gasteiger partial charge >= 0.3 is 5.97 Å². The number of carbonyl (C=O) groups excluding carboxylic acids is 1. The summed E-state index contributed by atoms with van der Waals surface area (Å²) in [6.45, 7) is 8.17. The number of rotatable bonds is 0. The van der Waals surface area contributed by atoms with Crippen LogP contribution in [0.3, 0.4) is 0 Å². The Labute approximate surface area is 108 Å². The molecular weight excluding hydrogens is 228 g/mol. The van der Waals surface area contributed by atoms with Crippen molar-refractivity contribution in [2.75, 3.05) is 0 Å². The molecule has 0 aromatic carbocycles. The molecule has 2 heterocycles. The largest absolute Gasteiger partial charge is 0.455 e. The Bertz CT molecular complexity index is 437. The third-order valence-electron chi connectivity index (χ3n) is 4.57. The zero-order chi connectivity index (χ0) is 12.9. The summed E-state index contributed by atoms with van der Waals surface area (Å²) in [6, 6.07) is 0. The Morgan fingerprint density at radius 3 is 3.06 bits per heavy atom. The predicted molar refractivity (Wildman–Crippen MR) is 68.0 cm³/mol. The van der Waals surface area contributed by atoms with E-state index in [4.69, 9.17) is 9.47 Å². The minimum Gasteiger partial charge on any atom is -0.455 e. The van der Waals surface area contributed by atoms with E-state index in [-0.39, 0.29) is 29.7 Å². The van der Waals surface area contributed by atoms with E-state index in [1.807, 2.05) is 0 Å². The van der Waals surface area contributed by atoms with Gasteiger partial charge in [-0.05, 0) is 39.5 Å². The molecule has 0 saturated carbocycles. The normalized spacial score (nSPS) is 46.6. The number of carbonyl (C=O) groups is 1. The quantitative estimate of drug-likeness (QED) is 0.286. The molecule has 3 rings (SSSR count). The summed E-state index contributed by atoms with van der Waals surface area (Å²) < 4.78 is 11.3. The first kappa shape index (κ1) is 12.0. The Kier molecular flexibility index (Phi) is 2.63. The van der Waals surface area contributed by atoms with Crippen LogP contribution >= 0.6 is 0 Å². The first-order valence-electron chi connectivity index (χ1n) is 6.74. The molecule has 0 radical (unpaired) electrons. The maximum atomic E-state index is 11.7. The zero-order valence-corrected chi connectivity index (χ0v) is 11.1. The molecule has 3 heteroatoms. The standard InChI is InChI=1S/C15H20O3/c1-9-5-4-8-15(3)13(18-15)12-11(7-6-9)10(2)14(16)17-12/h5,11-13H,2,4,6-8H2,1,3H3/b9-5+/t11?,12?,13?,15-/m1/s1. The average Bonchev–Trinajstić information content (AvgIpc) is 2.90. The van der Waals surface area contributed by atoms with Gasteiger partial charge in [0.25, 0.3) is 0 Å². The monoisotopic (exact) mass is 248 g/mol. The smallest absolute Gasteiger partial charge is 0.334 e. The number of hydrogen-bond acceptors (Lipinski definition) is 3.